The van der Waals surface area contributed by atoms with Gasteiger partial charge in [0, 0.05) is 5.75 Å². The minimum Gasteiger partial charge on any atom is -0.463 e. The van der Waals surface area contributed by atoms with E-state index in [1.54, 1.807) is 0 Å². The van der Waals surface area contributed by atoms with E-state index in [4.69, 9.17) is 16.3 Å². The number of aromatic nitrogens is 3. The van der Waals surface area contributed by atoms with E-state index in [0.717, 1.165) is 12.2 Å². The average molecular weight is 310 g/mol. The van der Waals surface area contributed by atoms with Crippen LogP contribution in [0.5, 0.6) is 6.01 Å². The van der Waals surface area contributed by atoms with Crippen molar-refractivity contribution < 1.29 is 4.74 Å². The van der Waals surface area contributed by atoms with Crippen molar-refractivity contribution in [1.29, 1.82) is 0 Å². The van der Waals surface area contributed by atoms with Gasteiger partial charge in [-0.25, -0.2) is 0 Å². The van der Waals surface area contributed by atoms with E-state index in [9.17, 15) is 0 Å². The third kappa shape index (κ3) is 4.65. The summed E-state index contributed by atoms with van der Waals surface area (Å²) in [4.78, 5) is 12.3. The van der Waals surface area contributed by atoms with Crippen molar-refractivity contribution in [3.63, 3.8) is 0 Å². The number of hydrogen-bond acceptors (Lipinski definition) is 5. The molecule has 0 bridgehead atoms. The van der Waals surface area contributed by atoms with Crippen LogP contribution in [0, 0.1) is 6.92 Å². The highest BCUT2D eigenvalue weighted by atomic mass is 35.5. The lowest BCUT2D eigenvalue weighted by Gasteiger charge is -2.05. The largest absolute Gasteiger partial charge is 0.463 e. The molecule has 106 valence electrons. The number of thioether (sulfide) groups is 1. The summed E-state index contributed by atoms with van der Waals surface area (Å²) in [5.41, 5.74) is 2.46. The lowest BCUT2D eigenvalue weighted by molar-refractivity contribution is 0.288. The molecule has 0 fully saturated rings. The van der Waals surface area contributed by atoms with Crippen LogP contribution in [0.25, 0.3) is 0 Å². The van der Waals surface area contributed by atoms with Gasteiger partial charge < -0.3 is 4.74 Å². The van der Waals surface area contributed by atoms with Gasteiger partial charge in [-0.3, -0.25) is 0 Å². The van der Waals surface area contributed by atoms with E-state index < -0.39 is 0 Å². The van der Waals surface area contributed by atoms with E-state index in [2.05, 4.69) is 40.1 Å². The smallest absolute Gasteiger partial charge is 0.321 e. The first-order valence-corrected chi connectivity index (χ1v) is 7.76. The van der Waals surface area contributed by atoms with Crippen molar-refractivity contribution in [1.82, 2.24) is 15.0 Å². The summed E-state index contributed by atoms with van der Waals surface area (Å²) >= 11 is 7.40. The molecule has 20 heavy (non-hydrogen) atoms. The first-order valence-electron chi connectivity index (χ1n) is 6.40. The topological polar surface area (TPSA) is 47.9 Å². The monoisotopic (exact) mass is 309 g/mol. The van der Waals surface area contributed by atoms with Crippen LogP contribution in [-0.2, 0) is 5.75 Å². The zero-order valence-electron chi connectivity index (χ0n) is 11.5. The van der Waals surface area contributed by atoms with Crippen LogP contribution >= 0.6 is 23.4 Å². The van der Waals surface area contributed by atoms with Crippen molar-refractivity contribution in [3.8, 4) is 6.01 Å². The molecular weight excluding hydrogens is 294 g/mol. The Bertz CT molecular complexity index is 580. The van der Waals surface area contributed by atoms with Crippen molar-refractivity contribution in [2.75, 3.05) is 6.61 Å². The normalized spacial score (nSPS) is 10.6. The molecule has 1 aromatic heterocycles. The second-order valence-corrected chi connectivity index (χ2v) is 5.58. The van der Waals surface area contributed by atoms with Gasteiger partial charge in [0.05, 0.1) is 6.61 Å². The number of aryl methyl sites for hydroxylation is 1. The number of halogens is 1. The second-order valence-electron chi connectivity index (χ2n) is 4.30. The van der Waals surface area contributed by atoms with Gasteiger partial charge in [-0.15, -0.1) is 0 Å². The summed E-state index contributed by atoms with van der Waals surface area (Å²) in [7, 11) is 0. The molecule has 2 rings (SSSR count). The molecule has 0 spiro atoms. The second kappa shape index (κ2) is 7.45. The number of rotatable bonds is 6. The lowest BCUT2D eigenvalue weighted by atomic mass is 10.2. The van der Waals surface area contributed by atoms with E-state index in [-0.39, 0.29) is 5.28 Å². The average Bonchev–Trinajstić information content (AvgIpc) is 2.42. The van der Waals surface area contributed by atoms with Gasteiger partial charge in [-0.1, -0.05) is 48.5 Å². The molecule has 0 unspecified atom stereocenters. The highest BCUT2D eigenvalue weighted by Crippen LogP contribution is 2.22. The maximum atomic E-state index is 5.88. The van der Waals surface area contributed by atoms with E-state index in [1.807, 2.05) is 13.0 Å². The number of nitrogens with zero attached hydrogens (tertiary/aromatic N) is 3. The summed E-state index contributed by atoms with van der Waals surface area (Å²) < 4.78 is 5.39. The minimum atomic E-state index is 0.165. The van der Waals surface area contributed by atoms with Gasteiger partial charge in [0.15, 0.2) is 5.16 Å². The molecule has 0 saturated heterocycles. The molecule has 0 amide bonds. The maximum absolute atomic E-state index is 5.88. The molecule has 6 heteroatoms. The van der Waals surface area contributed by atoms with Gasteiger partial charge in [0.2, 0.25) is 5.28 Å². The molecule has 0 N–H and O–H groups in total. The van der Waals surface area contributed by atoms with Gasteiger partial charge in [-0.2, -0.15) is 15.0 Å². The van der Waals surface area contributed by atoms with Crippen LogP contribution in [0.1, 0.15) is 24.5 Å². The van der Waals surface area contributed by atoms with Crippen molar-refractivity contribution in [2.24, 2.45) is 0 Å². The number of benzene rings is 1. The molecular formula is C14H16ClN3OS. The Morgan fingerprint density at radius 1 is 1.25 bits per heavy atom. The zero-order valence-corrected chi connectivity index (χ0v) is 13.0. The molecule has 0 aliphatic carbocycles. The van der Waals surface area contributed by atoms with Crippen LogP contribution in [0.3, 0.4) is 0 Å². The van der Waals surface area contributed by atoms with Crippen molar-refractivity contribution in [3.05, 3.63) is 40.7 Å². The van der Waals surface area contributed by atoms with Gasteiger partial charge >= 0.3 is 6.01 Å². The van der Waals surface area contributed by atoms with Crippen LogP contribution in [0.4, 0.5) is 0 Å². The molecule has 1 heterocycles. The fourth-order valence-corrected chi connectivity index (χ4v) is 2.56. The standard InChI is InChI=1S/C14H16ClN3OS/c1-3-7-19-13-16-12(15)17-14(18-13)20-9-11-6-4-5-10(2)8-11/h4-6,8H,3,7,9H2,1-2H3. The summed E-state index contributed by atoms with van der Waals surface area (Å²) in [6.07, 6.45) is 0.898. The highest BCUT2D eigenvalue weighted by molar-refractivity contribution is 7.98. The minimum absolute atomic E-state index is 0.165. The summed E-state index contributed by atoms with van der Waals surface area (Å²) in [6.45, 7) is 4.67. The Morgan fingerprint density at radius 2 is 2.10 bits per heavy atom. The molecule has 0 aliphatic heterocycles. The Balaban J connectivity index is 2.03. The maximum Gasteiger partial charge on any atom is 0.321 e. The Labute approximate surface area is 128 Å². The fraction of sp³-hybridized carbons (Fsp3) is 0.357. The molecule has 0 radical (unpaired) electrons. The quantitative estimate of drug-likeness (QED) is 0.757. The molecule has 0 saturated carbocycles. The molecule has 1 aromatic carbocycles. The van der Waals surface area contributed by atoms with Crippen molar-refractivity contribution >= 4 is 23.4 Å². The Hall–Kier alpha value is -1.33. The predicted molar refractivity (Wildman–Crippen MR) is 81.4 cm³/mol. The fourth-order valence-electron chi connectivity index (χ4n) is 1.59. The third-order valence-electron chi connectivity index (χ3n) is 2.45. The lowest BCUT2D eigenvalue weighted by Crippen LogP contribution is -2.02. The predicted octanol–water partition coefficient (Wildman–Crippen LogP) is 3.91. The van der Waals surface area contributed by atoms with Gasteiger partial charge in [-0.05, 0) is 30.5 Å². The number of ether oxygens (including phenoxy) is 1. The molecule has 4 nitrogen and oxygen atoms in total. The van der Waals surface area contributed by atoms with Crippen LogP contribution in [0.2, 0.25) is 5.28 Å². The zero-order chi connectivity index (χ0) is 14.4. The molecule has 2 aromatic rings. The van der Waals surface area contributed by atoms with E-state index in [1.165, 1.54) is 22.9 Å². The van der Waals surface area contributed by atoms with Gasteiger partial charge in [0.1, 0.15) is 0 Å². The molecule has 0 aliphatic rings. The van der Waals surface area contributed by atoms with Crippen LogP contribution < -0.4 is 4.74 Å². The number of hydrogen-bond donors (Lipinski definition) is 0. The van der Waals surface area contributed by atoms with E-state index in [0.29, 0.717) is 17.8 Å². The first kappa shape index (κ1) is 15.1. The first-order chi connectivity index (χ1) is 9.67. The van der Waals surface area contributed by atoms with E-state index >= 15 is 0 Å². The summed E-state index contributed by atoms with van der Waals surface area (Å²) in [5, 5.41) is 0.746. The SMILES string of the molecule is CCCOc1nc(Cl)nc(SCc2cccc(C)c2)n1. The highest BCUT2D eigenvalue weighted by Gasteiger charge is 2.07. The summed E-state index contributed by atoms with van der Waals surface area (Å²) in [6, 6.07) is 8.63. The van der Waals surface area contributed by atoms with Crippen molar-refractivity contribution in [2.45, 2.75) is 31.2 Å². The third-order valence-corrected chi connectivity index (χ3v) is 3.54. The summed E-state index contributed by atoms with van der Waals surface area (Å²) in [5.74, 6) is 0.787. The molecule has 0 atom stereocenters. The van der Waals surface area contributed by atoms with Crippen LogP contribution in [0.15, 0.2) is 29.4 Å². The Morgan fingerprint density at radius 3 is 2.85 bits per heavy atom. The van der Waals surface area contributed by atoms with Gasteiger partial charge in [0.25, 0.3) is 0 Å². The Kier molecular flexibility index (Phi) is 5.61. The van der Waals surface area contributed by atoms with Crippen LogP contribution in [-0.4, -0.2) is 21.6 Å².